The maximum atomic E-state index is 15.8. The fourth-order valence-corrected chi connectivity index (χ4v) is 7.97. The summed E-state index contributed by atoms with van der Waals surface area (Å²) in [5, 5.41) is 11.1. The molecule has 6 aromatic rings. The summed E-state index contributed by atoms with van der Waals surface area (Å²) in [6.07, 6.45) is 0. The molecule has 0 bridgehead atoms. The lowest BCUT2D eigenvalue weighted by Gasteiger charge is -2.33. The smallest absolute Gasteiger partial charge is 0.192 e. The van der Waals surface area contributed by atoms with Gasteiger partial charge in [-0.15, -0.1) is 10.2 Å². The van der Waals surface area contributed by atoms with Crippen LogP contribution in [0.1, 0.15) is 0 Å². The number of para-hydroxylation sites is 2. The molecular formula is C36H31N4OP. The summed E-state index contributed by atoms with van der Waals surface area (Å²) in [7, 11) is 0.536. The zero-order valence-corrected chi connectivity index (χ0v) is 24.5. The Morgan fingerprint density at radius 2 is 0.857 bits per heavy atom. The van der Waals surface area contributed by atoms with Crippen LogP contribution in [-0.2, 0) is 4.57 Å². The summed E-state index contributed by atoms with van der Waals surface area (Å²) in [5.41, 5.74) is 5.53. The van der Waals surface area contributed by atoms with Crippen LogP contribution < -0.4 is 25.8 Å². The van der Waals surface area contributed by atoms with Gasteiger partial charge in [-0.1, -0.05) is 127 Å². The number of benzene rings is 5. The van der Waals surface area contributed by atoms with Gasteiger partial charge in [0, 0.05) is 41.6 Å². The highest BCUT2D eigenvalue weighted by molar-refractivity contribution is 7.85. The monoisotopic (exact) mass is 566 g/mol. The third-order valence-corrected chi connectivity index (χ3v) is 10.4. The van der Waals surface area contributed by atoms with Gasteiger partial charge in [0.05, 0.1) is 11.4 Å². The first-order valence-corrected chi connectivity index (χ1v) is 15.5. The average molecular weight is 567 g/mol. The number of aromatic nitrogens is 2. The second kappa shape index (κ2) is 11.9. The van der Waals surface area contributed by atoms with Crippen molar-refractivity contribution in [2.45, 2.75) is 0 Å². The van der Waals surface area contributed by atoms with Crippen LogP contribution in [0, 0.1) is 0 Å². The summed E-state index contributed by atoms with van der Waals surface area (Å²) >= 11 is 0. The predicted octanol–water partition coefficient (Wildman–Crippen LogP) is 7.32. The number of hydrogen-bond donors (Lipinski definition) is 0. The summed E-state index contributed by atoms with van der Waals surface area (Å²) in [4.78, 5) is 4.21. The van der Waals surface area contributed by atoms with Gasteiger partial charge in [-0.05, 0) is 24.3 Å². The van der Waals surface area contributed by atoms with Crippen molar-refractivity contribution in [2.24, 2.45) is 0 Å². The topological polar surface area (TPSA) is 49.3 Å². The zero-order chi connectivity index (χ0) is 28.9. The van der Waals surface area contributed by atoms with Crippen LogP contribution in [0.2, 0.25) is 0 Å². The molecule has 42 heavy (non-hydrogen) atoms. The molecule has 0 amide bonds. The summed E-state index contributed by atoms with van der Waals surface area (Å²) in [5.74, 6) is 0. The van der Waals surface area contributed by atoms with Crippen molar-refractivity contribution in [1.82, 2.24) is 10.2 Å². The van der Waals surface area contributed by atoms with Gasteiger partial charge >= 0.3 is 0 Å². The maximum Gasteiger partial charge on any atom is 0.192 e. The first-order chi connectivity index (χ1) is 20.6. The molecule has 5 nitrogen and oxygen atoms in total. The lowest BCUT2D eigenvalue weighted by atomic mass is 10.1. The Morgan fingerprint density at radius 1 is 0.476 bits per heavy atom. The van der Waals surface area contributed by atoms with E-state index in [2.05, 4.69) is 34.1 Å². The van der Waals surface area contributed by atoms with Gasteiger partial charge in [0.15, 0.2) is 12.6 Å². The second-order valence-corrected chi connectivity index (χ2v) is 12.7. The second-order valence-electron chi connectivity index (χ2n) is 10.0. The van der Waals surface area contributed by atoms with Crippen molar-refractivity contribution >= 4 is 45.9 Å². The average Bonchev–Trinajstić information content (AvgIpc) is 3.08. The standard InChI is InChI=1S/C36H31N4OP/c1-39(29-20-10-4-11-21-29)34-33(28-18-8-3-9-19-28)37-38-36(35(34)40(2)30-22-12-5-13-23-30)42(41,31-24-14-6-15-25-31)32-26-16-7-17-27-32/h3-27H,1-2H3. The molecule has 0 unspecified atom stereocenters. The first kappa shape index (κ1) is 27.2. The largest absolute Gasteiger partial charge is 0.341 e. The van der Waals surface area contributed by atoms with Crippen LogP contribution in [0.25, 0.3) is 11.3 Å². The molecule has 0 saturated heterocycles. The van der Waals surface area contributed by atoms with E-state index in [-0.39, 0.29) is 0 Å². The molecule has 5 aromatic carbocycles. The van der Waals surface area contributed by atoms with Gasteiger partial charge < -0.3 is 14.4 Å². The number of rotatable bonds is 8. The van der Waals surface area contributed by atoms with Gasteiger partial charge in [-0.2, -0.15) is 0 Å². The van der Waals surface area contributed by atoms with E-state index in [0.29, 0.717) is 21.7 Å². The minimum atomic E-state index is -3.50. The van der Waals surface area contributed by atoms with E-state index in [0.717, 1.165) is 28.3 Å². The third-order valence-electron chi connectivity index (χ3n) is 7.45. The van der Waals surface area contributed by atoms with E-state index in [1.54, 1.807) is 0 Å². The van der Waals surface area contributed by atoms with Gasteiger partial charge in [-0.3, -0.25) is 0 Å². The van der Waals surface area contributed by atoms with E-state index in [1.165, 1.54) is 0 Å². The molecule has 0 aliphatic rings. The molecule has 0 atom stereocenters. The van der Waals surface area contributed by atoms with Gasteiger partial charge in [0.2, 0.25) is 0 Å². The van der Waals surface area contributed by atoms with Crippen molar-refractivity contribution in [2.75, 3.05) is 23.9 Å². The SMILES string of the molecule is CN(c1ccccc1)c1c(-c2ccccc2)nnc(P(=O)(c2ccccc2)c2ccccc2)c1N(C)c1ccccc1. The van der Waals surface area contributed by atoms with E-state index < -0.39 is 7.14 Å². The fourth-order valence-electron chi connectivity index (χ4n) is 5.27. The molecule has 0 N–H and O–H groups in total. The molecule has 0 saturated carbocycles. The predicted molar refractivity (Wildman–Crippen MR) is 176 cm³/mol. The van der Waals surface area contributed by atoms with Crippen LogP contribution in [0.4, 0.5) is 22.7 Å². The quantitative estimate of drug-likeness (QED) is 0.181. The molecule has 6 rings (SSSR count). The highest BCUT2D eigenvalue weighted by Crippen LogP contribution is 2.50. The number of nitrogens with zero attached hydrogens (tertiary/aromatic N) is 4. The Labute approximate surface area is 247 Å². The summed E-state index contributed by atoms with van der Waals surface area (Å²) in [6.45, 7) is 0. The number of anilines is 4. The molecular weight excluding hydrogens is 535 g/mol. The van der Waals surface area contributed by atoms with E-state index in [4.69, 9.17) is 10.2 Å². The van der Waals surface area contributed by atoms with Crippen LogP contribution in [-0.4, -0.2) is 24.3 Å². The molecule has 0 fully saturated rings. The molecule has 1 heterocycles. The van der Waals surface area contributed by atoms with Gasteiger partial charge in [-0.25, -0.2) is 0 Å². The Morgan fingerprint density at radius 3 is 1.31 bits per heavy atom. The zero-order valence-electron chi connectivity index (χ0n) is 23.6. The van der Waals surface area contributed by atoms with Crippen LogP contribution in [0.3, 0.4) is 0 Å². The fraction of sp³-hybridized carbons (Fsp3) is 0.0556. The molecule has 206 valence electrons. The van der Waals surface area contributed by atoms with Gasteiger partial charge in [0.25, 0.3) is 0 Å². The molecule has 0 aliphatic carbocycles. The van der Waals surface area contributed by atoms with Crippen LogP contribution >= 0.6 is 7.14 Å². The molecule has 1 aromatic heterocycles. The van der Waals surface area contributed by atoms with E-state index in [9.17, 15) is 0 Å². The van der Waals surface area contributed by atoms with Crippen molar-refractivity contribution in [3.8, 4) is 11.3 Å². The molecule has 6 heteroatoms. The summed E-state index contributed by atoms with van der Waals surface area (Å²) in [6, 6.07) is 49.6. The third kappa shape index (κ3) is 5.00. The van der Waals surface area contributed by atoms with Crippen LogP contribution in [0.15, 0.2) is 152 Å². The van der Waals surface area contributed by atoms with Crippen molar-refractivity contribution < 1.29 is 4.57 Å². The van der Waals surface area contributed by atoms with Crippen molar-refractivity contribution in [3.05, 3.63) is 152 Å². The normalized spacial score (nSPS) is 11.2. The Hall–Kier alpha value is -4.99. The maximum absolute atomic E-state index is 15.8. The highest BCUT2D eigenvalue weighted by Gasteiger charge is 2.38. The lowest BCUT2D eigenvalue weighted by Crippen LogP contribution is -2.33. The van der Waals surface area contributed by atoms with Crippen molar-refractivity contribution in [1.29, 1.82) is 0 Å². The minimum absolute atomic E-state index is 0.434. The van der Waals surface area contributed by atoms with E-state index >= 15 is 4.57 Å². The molecule has 0 spiro atoms. The molecule has 0 aliphatic heterocycles. The van der Waals surface area contributed by atoms with Gasteiger partial charge in [0.1, 0.15) is 5.69 Å². The Kier molecular flexibility index (Phi) is 7.68. The van der Waals surface area contributed by atoms with Crippen LogP contribution in [0.5, 0.6) is 0 Å². The molecule has 0 radical (unpaired) electrons. The minimum Gasteiger partial charge on any atom is -0.341 e. The highest BCUT2D eigenvalue weighted by atomic mass is 31.2. The van der Waals surface area contributed by atoms with Crippen molar-refractivity contribution in [3.63, 3.8) is 0 Å². The number of hydrogen-bond acceptors (Lipinski definition) is 5. The first-order valence-electron chi connectivity index (χ1n) is 13.8. The lowest BCUT2D eigenvalue weighted by molar-refractivity contribution is 0.591. The Balaban J connectivity index is 1.75. The van der Waals surface area contributed by atoms with E-state index in [1.807, 2.05) is 141 Å². The summed E-state index contributed by atoms with van der Waals surface area (Å²) < 4.78 is 15.8. The Bertz CT molecular complexity index is 1770.